The molecule has 2 N–H and O–H groups in total. The summed E-state index contributed by atoms with van der Waals surface area (Å²) in [6.07, 6.45) is 2.49. The summed E-state index contributed by atoms with van der Waals surface area (Å²) in [6, 6.07) is 7.41. The van der Waals surface area contributed by atoms with Gasteiger partial charge in [-0.15, -0.1) is 5.10 Å². The van der Waals surface area contributed by atoms with Gasteiger partial charge in [0, 0.05) is 18.2 Å². The van der Waals surface area contributed by atoms with E-state index in [2.05, 4.69) is 26.2 Å². The minimum absolute atomic E-state index is 0.0445. The molecule has 1 saturated heterocycles. The Morgan fingerprint density at radius 3 is 2.84 bits per heavy atom. The van der Waals surface area contributed by atoms with Gasteiger partial charge in [-0.05, 0) is 47.7 Å². The quantitative estimate of drug-likeness (QED) is 0.793. The molecule has 1 amide bonds. The third kappa shape index (κ3) is 2.60. The van der Waals surface area contributed by atoms with Gasteiger partial charge in [-0.1, -0.05) is 0 Å². The summed E-state index contributed by atoms with van der Waals surface area (Å²) in [7, 11) is 0. The molecule has 0 spiro atoms. The molecule has 7 heteroatoms. The average Bonchev–Trinajstić information content (AvgIpc) is 3.12. The molecular formula is C12H14N6O. The molecule has 0 aliphatic carbocycles. The van der Waals surface area contributed by atoms with Crippen LogP contribution >= 0.6 is 0 Å². The molecule has 2 heterocycles. The van der Waals surface area contributed by atoms with Gasteiger partial charge in [0.25, 0.3) is 5.91 Å². The molecule has 1 aromatic heterocycles. The van der Waals surface area contributed by atoms with E-state index < -0.39 is 0 Å². The van der Waals surface area contributed by atoms with E-state index in [0.717, 1.165) is 25.2 Å². The highest BCUT2D eigenvalue weighted by atomic mass is 16.1. The fourth-order valence-corrected chi connectivity index (χ4v) is 2.09. The summed E-state index contributed by atoms with van der Waals surface area (Å²) < 4.78 is 1.54. The Bertz CT molecular complexity index is 544. The Morgan fingerprint density at radius 1 is 1.37 bits per heavy atom. The molecule has 19 heavy (non-hydrogen) atoms. The van der Waals surface area contributed by atoms with Crippen molar-refractivity contribution < 1.29 is 4.79 Å². The minimum atomic E-state index is -0.0445. The molecule has 0 unspecified atom stereocenters. The van der Waals surface area contributed by atoms with Crippen molar-refractivity contribution in [2.24, 2.45) is 0 Å². The maximum atomic E-state index is 12.0. The van der Waals surface area contributed by atoms with Crippen molar-refractivity contribution in [1.29, 1.82) is 0 Å². The highest BCUT2D eigenvalue weighted by molar-refractivity contribution is 5.94. The number of benzene rings is 1. The second-order valence-corrected chi connectivity index (χ2v) is 4.46. The van der Waals surface area contributed by atoms with E-state index in [9.17, 15) is 4.79 Å². The fraction of sp³-hybridized carbons (Fsp3) is 0.333. The zero-order valence-corrected chi connectivity index (χ0v) is 10.3. The molecule has 3 rings (SSSR count). The van der Waals surface area contributed by atoms with Gasteiger partial charge < -0.3 is 10.6 Å². The molecule has 1 aromatic carbocycles. The van der Waals surface area contributed by atoms with E-state index in [1.807, 2.05) is 12.1 Å². The monoisotopic (exact) mass is 258 g/mol. The van der Waals surface area contributed by atoms with E-state index in [-0.39, 0.29) is 11.9 Å². The maximum Gasteiger partial charge on any atom is 0.251 e. The molecule has 7 nitrogen and oxygen atoms in total. The SMILES string of the molecule is O=C(N[C@H]1CCNC1)c1ccc(-n2cnnn2)cc1. The van der Waals surface area contributed by atoms with Crippen LogP contribution in [0.25, 0.3) is 5.69 Å². The number of carbonyl (C=O) groups excluding carboxylic acids is 1. The zero-order chi connectivity index (χ0) is 13.1. The van der Waals surface area contributed by atoms with Crippen molar-refractivity contribution in [3.8, 4) is 5.69 Å². The number of hydrogen-bond acceptors (Lipinski definition) is 5. The molecule has 0 radical (unpaired) electrons. The first-order chi connectivity index (χ1) is 9.33. The lowest BCUT2D eigenvalue weighted by molar-refractivity contribution is 0.0940. The van der Waals surface area contributed by atoms with Crippen LogP contribution < -0.4 is 10.6 Å². The Morgan fingerprint density at radius 2 is 2.21 bits per heavy atom. The highest BCUT2D eigenvalue weighted by Crippen LogP contribution is 2.08. The van der Waals surface area contributed by atoms with Gasteiger partial charge in [-0.2, -0.15) is 0 Å². The summed E-state index contributed by atoms with van der Waals surface area (Å²) in [5, 5.41) is 17.1. The molecule has 1 fully saturated rings. The van der Waals surface area contributed by atoms with E-state index in [1.54, 1.807) is 16.8 Å². The minimum Gasteiger partial charge on any atom is -0.348 e. The predicted molar refractivity (Wildman–Crippen MR) is 67.9 cm³/mol. The van der Waals surface area contributed by atoms with Crippen LogP contribution in [0.3, 0.4) is 0 Å². The number of nitrogens with zero attached hydrogens (tertiary/aromatic N) is 4. The van der Waals surface area contributed by atoms with Crippen LogP contribution in [0.5, 0.6) is 0 Å². The van der Waals surface area contributed by atoms with Gasteiger partial charge >= 0.3 is 0 Å². The van der Waals surface area contributed by atoms with Crippen molar-refractivity contribution in [1.82, 2.24) is 30.8 Å². The van der Waals surface area contributed by atoms with Crippen LogP contribution in [0.2, 0.25) is 0 Å². The second-order valence-electron chi connectivity index (χ2n) is 4.46. The molecule has 1 aliphatic heterocycles. The Hall–Kier alpha value is -2.28. The summed E-state index contributed by atoms with van der Waals surface area (Å²) in [5.74, 6) is -0.0445. The van der Waals surface area contributed by atoms with E-state index >= 15 is 0 Å². The number of tetrazole rings is 1. The first kappa shape index (κ1) is 11.8. The fourth-order valence-electron chi connectivity index (χ4n) is 2.09. The standard InChI is InChI=1S/C12H14N6O/c19-12(15-10-5-6-13-7-10)9-1-3-11(4-2-9)18-8-14-16-17-18/h1-4,8,10,13H,5-7H2,(H,15,19)/t10-/m0/s1. The second kappa shape index (κ2) is 5.15. The third-order valence-electron chi connectivity index (χ3n) is 3.14. The van der Waals surface area contributed by atoms with Crippen LogP contribution in [0.1, 0.15) is 16.8 Å². The van der Waals surface area contributed by atoms with Gasteiger partial charge in [0.1, 0.15) is 6.33 Å². The van der Waals surface area contributed by atoms with E-state index in [4.69, 9.17) is 0 Å². The Labute approximate surface area is 110 Å². The van der Waals surface area contributed by atoms with E-state index in [0.29, 0.717) is 5.56 Å². The third-order valence-corrected chi connectivity index (χ3v) is 3.14. The highest BCUT2D eigenvalue weighted by Gasteiger charge is 2.17. The number of nitrogens with one attached hydrogen (secondary N) is 2. The lowest BCUT2D eigenvalue weighted by Crippen LogP contribution is -2.36. The summed E-state index contributed by atoms with van der Waals surface area (Å²) in [6.45, 7) is 1.80. The molecule has 1 atom stereocenters. The summed E-state index contributed by atoms with van der Waals surface area (Å²) in [5.41, 5.74) is 1.47. The Balaban J connectivity index is 1.69. The first-order valence-corrected chi connectivity index (χ1v) is 6.18. The Kier molecular flexibility index (Phi) is 3.20. The zero-order valence-electron chi connectivity index (χ0n) is 10.3. The molecule has 0 bridgehead atoms. The van der Waals surface area contributed by atoms with Gasteiger partial charge in [0.05, 0.1) is 5.69 Å². The van der Waals surface area contributed by atoms with Crippen molar-refractivity contribution >= 4 is 5.91 Å². The van der Waals surface area contributed by atoms with Gasteiger partial charge in [0.2, 0.25) is 0 Å². The van der Waals surface area contributed by atoms with Crippen LogP contribution in [0.15, 0.2) is 30.6 Å². The van der Waals surface area contributed by atoms with Crippen LogP contribution in [-0.4, -0.2) is 45.2 Å². The van der Waals surface area contributed by atoms with Gasteiger partial charge in [0.15, 0.2) is 0 Å². The first-order valence-electron chi connectivity index (χ1n) is 6.18. The summed E-state index contributed by atoms with van der Waals surface area (Å²) in [4.78, 5) is 12.0. The van der Waals surface area contributed by atoms with Crippen molar-refractivity contribution in [3.05, 3.63) is 36.2 Å². The van der Waals surface area contributed by atoms with Crippen molar-refractivity contribution in [2.75, 3.05) is 13.1 Å². The van der Waals surface area contributed by atoms with E-state index in [1.165, 1.54) is 6.33 Å². The number of hydrogen-bond donors (Lipinski definition) is 2. The topological polar surface area (TPSA) is 84.7 Å². The smallest absolute Gasteiger partial charge is 0.251 e. The molecule has 0 saturated carbocycles. The van der Waals surface area contributed by atoms with Crippen LogP contribution in [0.4, 0.5) is 0 Å². The maximum absolute atomic E-state index is 12.0. The number of amides is 1. The van der Waals surface area contributed by atoms with Crippen LogP contribution in [0, 0.1) is 0 Å². The average molecular weight is 258 g/mol. The van der Waals surface area contributed by atoms with Crippen molar-refractivity contribution in [2.45, 2.75) is 12.5 Å². The van der Waals surface area contributed by atoms with Gasteiger partial charge in [-0.3, -0.25) is 4.79 Å². The van der Waals surface area contributed by atoms with Crippen LogP contribution in [-0.2, 0) is 0 Å². The largest absolute Gasteiger partial charge is 0.348 e. The molecule has 2 aromatic rings. The lowest BCUT2D eigenvalue weighted by Gasteiger charge is -2.11. The molecular weight excluding hydrogens is 244 g/mol. The lowest BCUT2D eigenvalue weighted by atomic mass is 10.1. The molecule has 98 valence electrons. The summed E-state index contributed by atoms with van der Waals surface area (Å²) >= 11 is 0. The van der Waals surface area contributed by atoms with Gasteiger partial charge in [-0.25, -0.2) is 4.68 Å². The number of rotatable bonds is 3. The predicted octanol–water partition coefficient (Wildman–Crippen LogP) is -0.246. The van der Waals surface area contributed by atoms with Crippen molar-refractivity contribution in [3.63, 3.8) is 0 Å². The normalized spacial score (nSPS) is 18.4. The number of carbonyl (C=O) groups is 1. The number of aromatic nitrogens is 4. The molecule has 1 aliphatic rings.